The van der Waals surface area contributed by atoms with Crippen molar-refractivity contribution in [3.05, 3.63) is 35.1 Å². The Labute approximate surface area is 159 Å². The highest BCUT2D eigenvalue weighted by molar-refractivity contribution is 7.71. The van der Waals surface area contributed by atoms with E-state index < -0.39 is 0 Å². The predicted molar refractivity (Wildman–Crippen MR) is 102 cm³/mol. The molecule has 140 valence electrons. The number of nitrogens with one attached hydrogen (secondary N) is 1. The van der Waals surface area contributed by atoms with Gasteiger partial charge in [0.2, 0.25) is 4.77 Å². The third kappa shape index (κ3) is 4.04. The minimum absolute atomic E-state index is 0.0414. The van der Waals surface area contributed by atoms with E-state index in [0.717, 1.165) is 55.3 Å². The van der Waals surface area contributed by atoms with Gasteiger partial charge in [0.25, 0.3) is 0 Å². The molecular formula is C19H27N4O2S+. The van der Waals surface area contributed by atoms with Crippen LogP contribution in [0.1, 0.15) is 26.7 Å². The summed E-state index contributed by atoms with van der Waals surface area (Å²) in [5, 5.41) is 4.79. The van der Waals surface area contributed by atoms with Crippen molar-refractivity contribution in [2.45, 2.75) is 39.9 Å². The summed E-state index contributed by atoms with van der Waals surface area (Å²) in [5.74, 6) is 0.906. The molecule has 2 aromatic rings. The zero-order chi connectivity index (χ0) is 18.5. The molecule has 1 fully saturated rings. The number of ether oxygens (including phenoxy) is 1. The normalized spacial score (nSPS) is 20.1. The average Bonchev–Trinajstić information content (AvgIpc) is 2.99. The standard InChI is InChI=1S/C19H26N4O2S/c1-3-22-17(15-8-6-5-7-9-15)20-23(19(22)26)14-21-12-10-16(11-13-21)18(24)25-4-2/h5-9,16H,3-4,10-14H2,1-2H3/p+1. The lowest BCUT2D eigenvalue weighted by Gasteiger charge is -2.27. The van der Waals surface area contributed by atoms with Crippen LogP contribution in [0, 0.1) is 10.7 Å². The summed E-state index contributed by atoms with van der Waals surface area (Å²) in [6.45, 7) is 7.80. The summed E-state index contributed by atoms with van der Waals surface area (Å²) >= 11 is 5.66. The summed E-state index contributed by atoms with van der Waals surface area (Å²) in [5.41, 5.74) is 1.08. The fourth-order valence-corrected chi connectivity index (χ4v) is 3.84. The number of nitrogens with zero attached hydrogens (tertiary/aromatic N) is 3. The lowest BCUT2D eigenvalue weighted by atomic mass is 9.97. The molecular weight excluding hydrogens is 348 g/mol. The molecule has 0 amide bonds. The number of carbonyl (C=O) groups excluding carboxylic acids is 1. The van der Waals surface area contributed by atoms with Crippen molar-refractivity contribution in [2.24, 2.45) is 5.92 Å². The Morgan fingerprint density at radius 2 is 1.96 bits per heavy atom. The highest BCUT2D eigenvalue weighted by Crippen LogP contribution is 2.18. The number of likely N-dealkylation sites (tertiary alicyclic amines) is 1. The molecule has 1 aliphatic heterocycles. The van der Waals surface area contributed by atoms with Gasteiger partial charge in [-0.2, -0.15) is 4.68 Å². The van der Waals surface area contributed by atoms with Crippen molar-refractivity contribution in [3.63, 3.8) is 0 Å². The molecule has 3 rings (SSSR count). The Kier molecular flexibility index (Phi) is 6.21. The molecule has 1 N–H and O–H groups in total. The van der Waals surface area contributed by atoms with Gasteiger partial charge in [-0.1, -0.05) is 30.3 Å². The number of esters is 1. The van der Waals surface area contributed by atoms with E-state index in [4.69, 9.17) is 22.1 Å². The van der Waals surface area contributed by atoms with Crippen molar-refractivity contribution in [2.75, 3.05) is 19.7 Å². The molecule has 1 saturated heterocycles. The molecule has 26 heavy (non-hydrogen) atoms. The molecule has 1 aromatic heterocycles. The quantitative estimate of drug-likeness (QED) is 0.619. The first kappa shape index (κ1) is 18.8. The Hall–Kier alpha value is -1.99. The molecule has 0 spiro atoms. The van der Waals surface area contributed by atoms with Crippen molar-refractivity contribution in [1.29, 1.82) is 0 Å². The van der Waals surface area contributed by atoms with Gasteiger partial charge in [0.15, 0.2) is 12.5 Å². The van der Waals surface area contributed by atoms with Crippen LogP contribution in [0.25, 0.3) is 11.4 Å². The predicted octanol–water partition coefficient (Wildman–Crippen LogP) is 1.92. The highest BCUT2D eigenvalue weighted by Gasteiger charge is 2.29. The zero-order valence-corrected chi connectivity index (χ0v) is 16.3. The van der Waals surface area contributed by atoms with Crippen molar-refractivity contribution in [3.8, 4) is 11.4 Å². The first-order valence-corrected chi connectivity index (χ1v) is 9.78. The Morgan fingerprint density at radius 3 is 2.58 bits per heavy atom. The molecule has 0 saturated carbocycles. The Bertz CT molecular complexity index is 792. The number of hydrogen-bond acceptors (Lipinski definition) is 4. The summed E-state index contributed by atoms with van der Waals surface area (Å²) < 4.78 is 9.92. The van der Waals surface area contributed by atoms with Gasteiger partial charge in [-0.25, -0.2) is 0 Å². The van der Waals surface area contributed by atoms with Gasteiger partial charge in [-0.15, -0.1) is 5.10 Å². The summed E-state index contributed by atoms with van der Waals surface area (Å²) in [6.07, 6.45) is 1.73. The molecule has 0 unspecified atom stereocenters. The fraction of sp³-hybridized carbons (Fsp3) is 0.526. The van der Waals surface area contributed by atoms with Crippen LogP contribution in [0.4, 0.5) is 0 Å². The van der Waals surface area contributed by atoms with E-state index in [1.165, 1.54) is 4.90 Å². The number of piperidine rings is 1. The van der Waals surface area contributed by atoms with E-state index in [2.05, 4.69) is 23.6 Å². The number of rotatable bonds is 6. The molecule has 0 radical (unpaired) electrons. The molecule has 1 aliphatic rings. The molecule has 0 atom stereocenters. The van der Waals surface area contributed by atoms with E-state index in [9.17, 15) is 4.79 Å². The highest BCUT2D eigenvalue weighted by atomic mass is 32.1. The average molecular weight is 376 g/mol. The zero-order valence-electron chi connectivity index (χ0n) is 15.5. The molecule has 7 heteroatoms. The number of benzene rings is 1. The molecule has 0 aliphatic carbocycles. The van der Waals surface area contributed by atoms with Crippen LogP contribution in [0.2, 0.25) is 0 Å². The second kappa shape index (κ2) is 8.60. The molecule has 6 nitrogen and oxygen atoms in total. The van der Waals surface area contributed by atoms with E-state index in [-0.39, 0.29) is 11.9 Å². The van der Waals surface area contributed by atoms with Crippen LogP contribution in [0.15, 0.2) is 30.3 Å². The van der Waals surface area contributed by atoms with Crippen LogP contribution in [-0.4, -0.2) is 40.0 Å². The van der Waals surface area contributed by atoms with Crippen LogP contribution in [0.3, 0.4) is 0 Å². The van der Waals surface area contributed by atoms with Crippen molar-refractivity contribution in [1.82, 2.24) is 14.3 Å². The minimum atomic E-state index is -0.0511. The van der Waals surface area contributed by atoms with Gasteiger partial charge in [0, 0.05) is 24.9 Å². The minimum Gasteiger partial charge on any atom is -0.466 e. The van der Waals surface area contributed by atoms with Gasteiger partial charge in [-0.05, 0) is 26.1 Å². The lowest BCUT2D eigenvalue weighted by molar-refractivity contribution is -0.929. The smallest absolute Gasteiger partial charge is 0.309 e. The maximum Gasteiger partial charge on any atom is 0.309 e. The third-order valence-corrected chi connectivity index (χ3v) is 5.39. The van der Waals surface area contributed by atoms with Gasteiger partial charge >= 0.3 is 5.97 Å². The van der Waals surface area contributed by atoms with E-state index in [0.29, 0.717) is 6.61 Å². The van der Waals surface area contributed by atoms with Crippen LogP contribution >= 0.6 is 12.2 Å². The summed E-state index contributed by atoms with van der Waals surface area (Å²) in [7, 11) is 0. The summed E-state index contributed by atoms with van der Waals surface area (Å²) in [4.78, 5) is 13.3. The third-order valence-electron chi connectivity index (χ3n) is 4.96. The van der Waals surface area contributed by atoms with Gasteiger partial charge in [0.05, 0.1) is 25.6 Å². The monoisotopic (exact) mass is 375 g/mol. The van der Waals surface area contributed by atoms with Crippen LogP contribution in [-0.2, 0) is 22.7 Å². The largest absolute Gasteiger partial charge is 0.466 e. The van der Waals surface area contributed by atoms with E-state index in [1.807, 2.05) is 29.8 Å². The van der Waals surface area contributed by atoms with Crippen LogP contribution in [0.5, 0.6) is 0 Å². The Balaban J connectivity index is 1.71. The van der Waals surface area contributed by atoms with Gasteiger partial charge in [0.1, 0.15) is 0 Å². The number of aromatic nitrogens is 3. The maximum atomic E-state index is 11.9. The second-order valence-corrected chi connectivity index (χ2v) is 7.02. The van der Waals surface area contributed by atoms with E-state index >= 15 is 0 Å². The SMILES string of the molecule is CCOC(=O)C1CC[NH+](Cn2nc(-c3ccccc3)n(CC)c2=S)CC1. The van der Waals surface area contributed by atoms with Gasteiger partial charge in [-0.3, -0.25) is 4.79 Å². The topological polar surface area (TPSA) is 53.5 Å². The second-order valence-electron chi connectivity index (χ2n) is 6.65. The van der Waals surface area contributed by atoms with Crippen molar-refractivity contribution < 1.29 is 14.4 Å². The first-order valence-electron chi connectivity index (χ1n) is 9.37. The Morgan fingerprint density at radius 1 is 1.27 bits per heavy atom. The molecule has 0 bridgehead atoms. The number of hydrogen-bond donors (Lipinski definition) is 1. The maximum absolute atomic E-state index is 11.9. The lowest BCUT2D eigenvalue weighted by Crippen LogP contribution is -3.12. The summed E-state index contributed by atoms with van der Waals surface area (Å²) in [6, 6.07) is 10.2. The molecule has 1 aromatic carbocycles. The fourth-order valence-electron chi connectivity index (χ4n) is 3.52. The van der Waals surface area contributed by atoms with Crippen molar-refractivity contribution >= 4 is 18.2 Å². The van der Waals surface area contributed by atoms with Crippen LogP contribution < -0.4 is 4.90 Å². The number of carbonyl (C=O) groups is 1. The van der Waals surface area contributed by atoms with Gasteiger partial charge < -0.3 is 14.2 Å². The number of quaternary nitrogens is 1. The molecule has 2 heterocycles. The van der Waals surface area contributed by atoms with E-state index in [1.54, 1.807) is 0 Å². The first-order chi connectivity index (χ1) is 12.6.